The van der Waals surface area contributed by atoms with E-state index in [1.54, 1.807) is 0 Å². The van der Waals surface area contributed by atoms with Crippen LogP contribution >= 0.6 is 28.3 Å². The quantitative estimate of drug-likeness (QED) is 0.506. The molecule has 1 rings (SSSR count). The Kier molecular flexibility index (Phi) is 12.6. The number of halogens is 2. The summed E-state index contributed by atoms with van der Waals surface area (Å²) >= 11 is 3.38. The summed E-state index contributed by atoms with van der Waals surface area (Å²) in [6.07, 6.45) is 4.75. The first-order valence-corrected chi connectivity index (χ1v) is 8.85. The fourth-order valence-corrected chi connectivity index (χ4v) is 2.49. The second-order valence-electron chi connectivity index (χ2n) is 5.56. The van der Waals surface area contributed by atoms with Gasteiger partial charge in [0, 0.05) is 29.5 Å². The van der Waals surface area contributed by atoms with E-state index in [0.29, 0.717) is 19.5 Å². The molecule has 0 saturated heterocycles. The second kappa shape index (κ2) is 13.2. The SMILES string of the molecule is Cc1ccc(Br)cc1NC(=O)CCNC(=O)CCCCCCN.Cl. The normalized spacial score (nSPS) is 9.96. The monoisotopic (exact) mass is 419 g/mol. The Hall–Kier alpha value is -1.11. The van der Waals surface area contributed by atoms with Crippen molar-refractivity contribution in [3.05, 3.63) is 28.2 Å². The summed E-state index contributed by atoms with van der Waals surface area (Å²) in [5.74, 6) is -0.0985. The molecule has 0 spiro atoms. The van der Waals surface area contributed by atoms with Crippen molar-refractivity contribution in [3.63, 3.8) is 0 Å². The lowest BCUT2D eigenvalue weighted by Crippen LogP contribution is -2.27. The molecule has 7 heteroatoms. The van der Waals surface area contributed by atoms with Gasteiger partial charge in [-0.3, -0.25) is 9.59 Å². The van der Waals surface area contributed by atoms with E-state index in [-0.39, 0.29) is 30.6 Å². The summed E-state index contributed by atoms with van der Waals surface area (Å²) in [5, 5.41) is 5.64. The lowest BCUT2D eigenvalue weighted by Gasteiger charge is -2.09. The highest BCUT2D eigenvalue weighted by Gasteiger charge is 2.07. The molecule has 0 aliphatic rings. The van der Waals surface area contributed by atoms with Crippen molar-refractivity contribution in [1.29, 1.82) is 0 Å². The zero-order valence-corrected chi connectivity index (χ0v) is 16.5. The summed E-state index contributed by atoms with van der Waals surface area (Å²) in [7, 11) is 0. The molecule has 0 aliphatic carbocycles. The number of benzene rings is 1. The molecule has 0 bridgehead atoms. The van der Waals surface area contributed by atoms with E-state index in [1.807, 2.05) is 25.1 Å². The van der Waals surface area contributed by atoms with Crippen LogP contribution in [-0.2, 0) is 9.59 Å². The van der Waals surface area contributed by atoms with E-state index in [4.69, 9.17) is 5.73 Å². The van der Waals surface area contributed by atoms with Crippen LogP contribution in [0.3, 0.4) is 0 Å². The van der Waals surface area contributed by atoms with Crippen molar-refractivity contribution in [1.82, 2.24) is 5.32 Å². The van der Waals surface area contributed by atoms with Gasteiger partial charge in [-0.15, -0.1) is 12.4 Å². The van der Waals surface area contributed by atoms with Crippen molar-refractivity contribution in [2.75, 3.05) is 18.4 Å². The third-order valence-electron chi connectivity index (χ3n) is 3.51. The molecule has 0 aromatic heterocycles. The van der Waals surface area contributed by atoms with E-state index >= 15 is 0 Å². The van der Waals surface area contributed by atoms with Gasteiger partial charge in [-0.2, -0.15) is 0 Å². The van der Waals surface area contributed by atoms with E-state index in [0.717, 1.165) is 41.4 Å². The first-order chi connectivity index (χ1) is 11.0. The summed E-state index contributed by atoms with van der Waals surface area (Å²) in [6, 6.07) is 5.73. The molecule has 0 heterocycles. The van der Waals surface area contributed by atoms with Gasteiger partial charge in [-0.25, -0.2) is 0 Å². The molecular weight excluding hydrogens is 394 g/mol. The molecule has 4 N–H and O–H groups in total. The summed E-state index contributed by atoms with van der Waals surface area (Å²) in [5.41, 5.74) is 7.21. The number of anilines is 1. The molecule has 1 aromatic carbocycles. The van der Waals surface area contributed by atoms with Gasteiger partial charge in [-0.1, -0.05) is 34.8 Å². The maximum Gasteiger partial charge on any atom is 0.226 e. The second-order valence-corrected chi connectivity index (χ2v) is 6.48. The van der Waals surface area contributed by atoms with Crippen LogP contribution in [0.2, 0.25) is 0 Å². The Morgan fingerprint density at radius 3 is 2.50 bits per heavy atom. The molecular formula is C17H27BrClN3O2. The summed E-state index contributed by atoms with van der Waals surface area (Å²) in [6.45, 7) is 3.01. The predicted octanol–water partition coefficient (Wildman–Crippen LogP) is 3.53. The number of hydrogen-bond acceptors (Lipinski definition) is 3. The summed E-state index contributed by atoms with van der Waals surface area (Å²) < 4.78 is 0.918. The van der Waals surface area contributed by atoms with Gasteiger partial charge in [0.05, 0.1) is 0 Å². The van der Waals surface area contributed by atoms with Crippen LogP contribution < -0.4 is 16.4 Å². The van der Waals surface area contributed by atoms with Gasteiger partial charge in [0.25, 0.3) is 0 Å². The maximum atomic E-state index is 11.9. The number of nitrogens with one attached hydrogen (secondary N) is 2. The zero-order chi connectivity index (χ0) is 17.1. The molecule has 2 amide bonds. The number of rotatable bonds is 10. The van der Waals surface area contributed by atoms with E-state index in [9.17, 15) is 9.59 Å². The van der Waals surface area contributed by atoms with Crippen LogP contribution in [0.1, 0.15) is 44.1 Å². The highest BCUT2D eigenvalue weighted by atomic mass is 79.9. The molecule has 0 aliphatic heterocycles. The number of hydrogen-bond donors (Lipinski definition) is 3. The lowest BCUT2D eigenvalue weighted by molar-refractivity contribution is -0.121. The molecule has 0 unspecified atom stereocenters. The van der Waals surface area contributed by atoms with Gasteiger partial charge in [0.2, 0.25) is 11.8 Å². The van der Waals surface area contributed by atoms with Gasteiger partial charge in [-0.05, 0) is 44.0 Å². The van der Waals surface area contributed by atoms with Crippen molar-refractivity contribution in [2.45, 2.75) is 45.4 Å². The first kappa shape index (κ1) is 22.9. The standard InChI is InChI=1S/C17H26BrN3O2.ClH/c1-13-7-8-14(18)12-15(13)21-17(23)9-11-20-16(22)6-4-2-3-5-10-19;/h7-8,12H,2-6,9-11,19H2,1H3,(H,20,22)(H,21,23);1H. The van der Waals surface area contributed by atoms with Gasteiger partial charge in [0.15, 0.2) is 0 Å². The molecule has 5 nitrogen and oxygen atoms in total. The predicted molar refractivity (Wildman–Crippen MR) is 105 cm³/mol. The Labute approximate surface area is 158 Å². The first-order valence-electron chi connectivity index (χ1n) is 8.05. The van der Waals surface area contributed by atoms with Crippen molar-refractivity contribution in [3.8, 4) is 0 Å². The highest BCUT2D eigenvalue weighted by Crippen LogP contribution is 2.20. The van der Waals surface area contributed by atoms with Gasteiger partial charge >= 0.3 is 0 Å². The number of unbranched alkanes of at least 4 members (excludes halogenated alkanes) is 3. The minimum Gasteiger partial charge on any atom is -0.356 e. The Bertz CT molecular complexity index is 527. The fraction of sp³-hybridized carbons (Fsp3) is 0.529. The Morgan fingerprint density at radius 1 is 1.08 bits per heavy atom. The number of aryl methyl sites for hydroxylation is 1. The molecule has 0 radical (unpaired) electrons. The van der Waals surface area contributed by atoms with Gasteiger partial charge < -0.3 is 16.4 Å². The molecule has 0 fully saturated rings. The topological polar surface area (TPSA) is 84.2 Å². The van der Waals surface area contributed by atoms with Crippen LogP contribution in [0.4, 0.5) is 5.69 Å². The van der Waals surface area contributed by atoms with Crippen molar-refractivity contribution >= 4 is 45.8 Å². The third-order valence-corrected chi connectivity index (χ3v) is 4.00. The van der Waals surface area contributed by atoms with Crippen LogP contribution in [0.5, 0.6) is 0 Å². The highest BCUT2D eigenvalue weighted by molar-refractivity contribution is 9.10. The van der Waals surface area contributed by atoms with Crippen LogP contribution in [0.25, 0.3) is 0 Å². The largest absolute Gasteiger partial charge is 0.356 e. The molecule has 0 saturated carbocycles. The van der Waals surface area contributed by atoms with E-state index in [2.05, 4.69) is 26.6 Å². The fourth-order valence-electron chi connectivity index (χ4n) is 2.13. The van der Waals surface area contributed by atoms with Crippen LogP contribution in [0, 0.1) is 6.92 Å². The lowest BCUT2D eigenvalue weighted by atomic mass is 10.1. The Balaban J connectivity index is 0.00000529. The number of carbonyl (C=O) groups is 2. The number of nitrogens with two attached hydrogens (primary N) is 1. The number of amides is 2. The third kappa shape index (κ3) is 9.90. The summed E-state index contributed by atoms with van der Waals surface area (Å²) in [4.78, 5) is 23.5. The van der Waals surface area contributed by atoms with Crippen molar-refractivity contribution < 1.29 is 9.59 Å². The number of carbonyl (C=O) groups excluding carboxylic acids is 2. The van der Waals surface area contributed by atoms with Gasteiger partial charge in [0.1, 0.15) is 0 Å². The Morgan fingerprint density at radius 2 is 1.79 bits per heavy atom. The molecule has 0 atom stereocenters. The molecule has 24 heavy (non-hydrogen) atoms. The maximum absolute atomic E-state index is 11.9. The smallest absolute Gasteiger partial charge is 0.226 e. The van der Waals surface area contributed by atoms with E-state index < -0.39 is 0 Å². The minimum absolute atomic E-state index is 0. The molecule has 136 valence electrons. The zero-order valence-electron chi connectivity index (χ0n) is 14.1. The van der Waals surface area contributed by atoms with E-state index in [1.165, 1.54) is 0 Å². The van der Waals surface area contributed by atoms with Crippen LogP contribution in [0.15, 0.2) is 22.7 Å². The van der Waals surface area contributed by atoms with Crippen LogP contribution in [-0.4, -0.2) is 24.9 Å². The average Bonchev–Trinajstić information content (AvgIpc) is 2.50. The average molecular weight is 421 g/mol. The minimum atomic E-state index is -0.102. The molecule has 1 aromatic rings. The van der Waals surface area contributed by atoms with Crippen molar-refractivity contribution in [2.24, 2.45) is 5.73 Å².